The van der Waals surface area contributed by atoms with Gasteiger partial charge in [-0.25, -0.2) is 0 Å². The van der Waals surface area contributed by atoms with Crippen molar-refractivity contribution < 1.29 is 14.6 Å². The van der Waals surface area contributed by atoms with E-state index in [0.717, 1.165) is 10.3 Å². The Morgan fingerprint density at radius 1 is 1.68 bits per heavy atom. The molecule has 1 aliphatic rings. The molecule has 2 atom stereocenters. The number of hydrogen-bond donors (Lipinski definition) is 3. The third-order valence-corrected chi connectivity index (χ3v) is 4.71. The molecule has 0 spiro atoms. The number of carbonyl (C=O) groups excluding carboxylic acids is 1. The van der Waals surface area contributed by atoms with Crippen LogP contribution in [0.4, 0.5) is 0 Å². The Hall–Kier alpha value is -0.340. The predicted molar refractivity (Wildman–Crippen MR) is 80.5 cm³/mol. The molecule has 1 aromatic heterocycles. The number of aliphatic hydroxyl groups excluding tert-OH is 1. The molecule has 0 aromatic carbocycles. The molecule has 8 heteroatoms. The van der Waals surface area contributed by atoms with Gasteiger partial charge in [0.15, 0.2) is 0 Å². The fourth-order valence-corrected chi connectivity index (χ4v) is 3.41. The smallest absolute Gasteiger partial charge is 0.261 e. The minimum Gasteiger partial charge on any atom is -0.495 e. The van der Waals surface area contributed by atoms with Crippen molar-refractivity contribution >= 4 is 45.6 Å². The van der Waals surface area contributed by atoms with Crippen molar-refractivity contribution in [1.82, 2.24) is 10.6 Å². The summed E-state index contributed by atoms with van der Waals surface area (Å²) in [5.74, 6) is 0.607. The fraction of sp³-hybridized carbons (Fsp3) is 0.545. The van der Waals surface area contributed by atoms with Crippen LogP contribution in [0.2, 0.25) is 0 Å². The fourth-order valence-electron chi connectivity index (χ4n) is 1.84. The molecule has 0 saturated carbocycles. The summed E-state index contributed by atoms with van der Waals surface area (Å²) in [6.45, 7) is 1.81. The monoisotopic (exact) mass is 370 g/mol. The second kappa shape index (κ2) is 7.44. The van der Waals surface area contributed by atoms with Gasteiger partial charge >= 0.3 is 0 Å². The summed E-state index contributed by atoms with van der Waals surface area (Å²) in [5.41, 5.74) is 0. The number of rotatable bonds is 4. The molecule has 2 rings (SSSR count). The van der Waals surface area contributed by atoms with Gasteiger partial charge in [-0.05, 0) is 15.9 Å². The van der Waals surface area contributed by atoms with E-state index in [1.165, 1.54) is 11.3 Å². The highest BCUT2D eigenvalue weighted by atomic mass is 79.9. The number of methoxy groups -OCH3 is 1. The van der Waals surface area contributed by atoms with Crippen LogP contribution >= 0.6 is 39.7 Å². The highest BCUT2D eigenvalue weighted by molar-refractivity contribution is 9.11. The summed E-state index contributed by atoms with van der Waals surface area (Å²) in [6.07, 6.45) is -0.380. The quantitative estimate of drug-likeness (QED) is 0.745. The Morgan fingerprint density at radius 2 is 2.42 bits per heavy atom. The third kappa shape index (κ3) is 4.06. The minimum atomic E-state index is -0.380. The van der Waals surface area contributed by atoms with Gasteiger partial charge < -0.3 is 20.5 Å². The molecule has 108 valence electrons. The Morgan fingerprint density at radius 3 is 2.95 bits per heavy atom. The lowest BCUT2D eigenvalue weighted by Gasteiger charge is -2.13. The average Bonchev–Trinajstić information content (AvgIpc) is 2.92. The molecule has 2 heterocycles. The van der Waals surface area contributed by atoms with Crippen molar-refractivity contribution in [3.8, 4) is 5.75 Å². The molecule has 0 aliphatic carbocycles. The van der Waals surface area contributed by atoms with Crippen LogP contribution in [0.1, 0.15) is 9.67 Å². The van der Waals surface area contributed by atoms with Crippen molar-refractivity contribution in [2.45, 2.75) is 6.10 Å². The zero-order valence-corrected chi connectivity index (χ0v) is 13.5. The number of carbonyl (C=O) groups is 1. The maximum absolute atomic E-state index is 11.9. The summed E-state index contributed by atoms with van der Waals surface area (Å²) in [5, 5.41) is 15.5. The van der Waals surface area contributed by atoms with Gasteiger partial charge in [-0.2, -0.15) is 0 Å². The number of β-amino-alcohol motifs (C(OH)–C–C–N with tert-alkyl or cyclic N) is 1. The standard InChI is InChI=1S/C11H15BrN2O3S.ClH/c1-17-8-2-9(18-10(8)12)11(16)14-4-6-3-13-5-7(6)15;/h2,6-7,13,15H,3-5H2,1H3,(H,14,16);1H. The van der Waals surface area contributed by atoms with Gasteiger partial charge in [0.2, 0.25) is 0 Å². The molecule has 2 unspecified atom stereocenters. The molecule has 1 fully saturated rings. The first-order valence-electron chi connectivity index (χ1n) is 5.62. The van der Waals surface area contributed by atoms with Crippen LogP contribution in [-0.2, 0) is 0 Å². The van der Waals surface area contributed by atoms with Crippen LogP contribution in [0, 0.1) is 5.92 Å². The summed E-state index contributed by atoms with van der Waals surface area (Å²) < 4.78 is 5.91. The molecular formula is C11H16BrClN2O3S. The Kier molecular flexibility index (Phi) is 6.55. The van der Waals surface area contributed by atoms with E-state index in [0.29, 0.717) is 23.7 Å². The van der Waals surface area contributed by atoms with E-state index in [9.17, 15) is 9.90 Å². The lowest BCUT2D eigenvalue weighted by atomic mass is 10.1. The van der Waals surface area contributed by atoms with Gasteiger partial charge in [-0.1, -0.05) is 0 Å². The van der Waals surface area contributed by atoms with E-state index in [2.05, 4.69) is 26.6 Å². The van der Waals surface area contributed by atoms with E-state index in [1.54, 1.807) is 13.2 Å². The summed E-state index contributed by atoms with van der Waals surface area (Å²) in [4.78, 5) is 12.5. The first-order valence-corrected chi connectivity index (χ1v) is 7.23. The third-order valence-electron chi connectivity index (χ3n) is 2.93. The van der Waals surface area contributed by atoms with Gasteiger partial charge in [-0.15, -0.1) is 23.7 Å². The topological polar surface area (TPSA) is 70.6 Å². The van der Waals surface area contributed by atoms with E-state index < -0.39 is 0 Å². The SMILES string of the molecule is COc1cc(C(=O)NCC2CNCC2O)sc1Br.Cl. The van der Waals surface area contributed by atoms with Gasteiger partial charge in [0.25, 0.3) is 5.91 Å². The van der Waals surface area contributed by atoms with Gasteiger partial charge in [0.1, 0.15) is 9.54 Å². The van der Waals surface area contributed by atoms with Crippen LogP contribution in [0.5, 0.6) is 5.75 Å². The molecule has 3 N–H and O–H groups in total. The predicted octanol–water partition coefficient (Wildman–Crippen LogP) is 1.25. The van der Waals surface area contributed by atoms with Crippen LogP contribution in [0.25, 0.3) is 0 Å². The van der Waals surface area contributed by atoms with Crippen LogP contribution in [0.3, 0.4) is 0 Å². The number of halogens is 2. The highest BCUT2D eigenvalue weighted by Crippen LogP contribution is 2.34. The van der Waals surface area contributed by atoms with E-state index in [1.807, 2.05) is 0 Å². The number of amides is 1. The van der Waals surface area contributed by atoms with Crippen molar-refractivity contribution in [1.29, 1.82) is 0 Å². The van der Waals surface area contributed by atoms with Gasteiger partial charge in [-0.3, -0.25) is 4.79 Å². The molecule has 0 bridgehead atoms. The molecule has 1 aromatic rings. The van der Waals surface area contributed by atoms with E-state index in [-0.39, 0.29) is 30.3 Å². The summed E-state index contributed by atoms with van der Waals surface area (Å²) >= 11 is 4.67. The molecule has 1 aliphatic heterocycles. The summed E-state index contributed by atoms with van der Waals surface area (Å²) in [6, 6.07) is 1.70. The van der Waals surface area contributed by atoms with E-state index >= 15 is 0 Å². The number of aliphatic hydroxyl groups is 1. The van der Waals surface area contributed by atoms with Gasteiger partial charge in [0.05, 0.1) is 18.1 Å². The Balaban J connectivity index is 0.00000180. The second-order valence-electron chi connectivity index (χ2n) is 4.15. The lowest BCUT2D eigenvalue weighted by molar-refractivity contribution is 0.0931. The first kappa shape index (κ1) is 16.7. The molecule has 19 heavy (non-hydrogen) atoms. The largest absolute Gasteiger partial charge is 0.495 e. The lowest BCUT2D eigenvalue weighted by Crippen LogP contribution is -2.34. The van der Waals surface area contributed by atoms with Crippen molar-refractivity contribution in [3.63, 3.8) is 0 Å². The minimum absolute atomic E-state index is 0. The van der Waals surface area contributed by atoms with Crippen molar-refractivity contribution in [3.05, 3.63) is 14.7 Å². The number of hydrogen-bond acceptors (Lipinski definition) is 5. The molecular weight excluding hydrogens is 356 g/mol. The van der Waals surface area contributed by atoms with Crippen LogP contribution in [-0.4, -0.2) is 43.9 Å². The second-order valence-corrected chi connectivity index (χ2v) is 6.52. The summed E-state index contributed by atoms with van der Waals surface area (Å²) in [7, 11) is 1.56. The molecule has 1 amide bonds. The van der Waals surface area contributed by atoms with Crippen LogP contribution < -0.4 is 15.4 Å². The maximum atomic E-state index is 11.9. The molecule has 0 radical (unpaired) electrons. The molecule has 1 saturated heterocycles. The zero-order chi connectivity index (χ0) is 13.1. The molecule has 5 nitrogen and oxygen atoms in total. The first-order chi connectivity index (χ1) is 8.61. The van der Waals surface area contributed by atoms with Gasteiger partial charge in [0, 0.05) is 31.6 Å². The Labute approximate surface area is 130 Å². The number of thiophene rings is 1. The average molecular weight is 372 g/mol. The highest BCUT2D eigenvalue weighted by Gasteiger charge is 2.25. The Bertz CT molecular complexity index is 444. The van der Waals surface area contributed by atoms with Crippen LogP contribution in [0.15, 0.2) is 9.85 Å². The maximum Gasteiger partial charge on any atom is 0.261 e. The number of nitrogens with one attached hydrogen (secondary N) is 2. The van der Waals surface area contributed by atoms with E-state index in [4.69, 9.17) is 4.74 Å². The van der Waals surface area contributed by atoms with Crippen molar-refractivity contribution in [2.24, 2.45) is 5.92 Å². The van der Waals surface area contributed by atoms with Crippen molar-refractivity contribution in [2.75, 3.05) is 26.7 Å². The zero-order valence-electron chi connectivity index (χ0n) is 10.3. The normalized spacial score (nSPS) is 21.8. The number of ether oxygens (including phenoxy) is 1.